The van der Waals surface area contributed by atoms with Crippen LogP contribution in [0.3, 0.4) is 0 Å². The van der Waals surface area contributed by atoms with Gasteiger partial charge in [0, 0.05) is 16.5 Å². The Labute approximate surface area is 83.5 Å². The first-order valence-electron chi connectivity index (χ1n) is 3.66. The van der Waals surface area contributed by atoms with Crippen LogP contribution in [0, 0.1) is 10.1 Å². The van der Waals surface area contributed by atoms with Gasteiger partial charge in [0.15, 0.2) is 0 Å². The van der Waals surface area contributed by atoms with E-state index < -0.39 is 10.9 Å². The van der Waals surface area contributed by atoms with Crippen LogP contribution in [-0.4, -0.2) is 16.0 Å². The lowest BCUT2D eigenvalue weighted by atomic mass is 10.2. The van der Waals surface area contributed by atoms with Gasteiger partial charge in [-0.1, -0.05) is 11.3 Å². The summed E-state index contributed by atoms with van der Waals surface area (Å²) < 4.78 is 0. The minimum atomic E-state index is -1.03. The average molecular weight is 213 g/mol. The number of nitrogens with zero attached hydrogens (tertiary/aromatic N) is 1. The van der Waals surface area contributed by atoms with Crippen molar-refractivity contribution in [2.45, 2.75) is 6.92 Å². The van der Waals surface area contributed by atoms with E-state index >= 15 is 0 Å². The quantitative estimate of drug-likeness (QED) is 0.474. The Hall–Kier alpha value is -1.69. The van der Waals surface area contributed by atoms with E-state index in [2.05, 4.69) is 0 Å². The topological polar surface area (TPSA) is 80.4 Å². The highest BCUT2D eigenvalue weighted by molar-refractivity contribution is 7.16. The van der Waals surface area contributed by atoms with Crippen molar-refractivity contribution in [1.82, 2.24) is 0 Å². The summed E-state index contributed by atoms with van der Waals surface area (Å²) in [6, 6.07) is 2.88. The van der Waals surface area contributed by atoms with E-state index in [1.54, 1.807) is 0 Å². The van der Waals surface area contributed by atoms with Crippen LogP contribution in [0.2, 0.25) is 0 Å². The molecule has 0 radical (unpaired) electrons. The molecule has 0 amide bonds. The van der Waals surface area contributed by atoms with Gasteiger partial charge in [-0.25, -0.2) is 4.79 Å². The molecule has 1 aromatic rings. The Morgan fingerprint density at radius 3 is 2.71 bits per heavy atom. The van der Waals surface area contributed by atoms with E-state index in [4.69, 9.17) is 5.11 Å². The molecule has 0 atom stereocenters. The van der Waals surface area contributed by atoms with Gasteiger partial charge in [0.25, 0.3) is 0 Å². The summed E-state index contributed by atoms with van der Waals surface area (Å²) in [5.41, 5.74) is 0.154. The first-order valence-corrected chi connectivity index (χ1v) is 4.48. The Bertz CT molecular complexity index is 407. The zero-order chi connectivity index (χ0) is 10.7. The van der Waals surface area contributed by atoms with E-state index in [0.29, 0.717) is 4.88 Å². The number of hydrogen-bond acceptors (Lipinski definition) is 4. The third-order valence-corrected chi connectivity index (χ3v) is 2.47. The molecule has 0 aliphatic heterocycles. The van der Waals surface area contributed by atoms with Crippen LogP contribution in [0.4, 0.5) is 5.00 Å². The van der Waals surface area contributed by atoms with Crippen molar-refractivity contribution in [2.24, 2.45) is 0 Å². The molecule has 0 unspecified atom stereocenters. The molecule has 0 aliphatic carbocycles. The Kier molecular flexibility index (Phi) is 2.98. The maximum atomic E-state index is 10.4. The zero-order valence-electron chi connectivity index (χ0n) is 7.26. The molecule has 0 saturated heterocycles. The van der Waals surface area contributed by atoms with Crippen LogP contribution >= 0.6 is 11.3 Å². The molecular formula is C8H7NO4S. The van der Waals surface area contributed by atoms with E-state index in [1.807, 2.05) is 0 Å². The molecule has 5 nitrogen and oxygen atoms in total. The molecule has 0 bridgehead atoms. The highest BCUT2D eigenvalue weighted by Gasteiger charge is 2.09. The van der Waals surface area contributed by atoms with E-state index in [-0.39, 0.29) is 10.6 Å². The van der Waals surface area contributed by atoms with E-state index in [9.17, 15) is 14.9 Å². The summed E-state index contributed by atoms with van der Waals surface area (Å²) in [7, 11) is 0. The van der Waals surface area contributed by atoms with E-state index in [0.717, 1.165) is 11.3 Å². The third-order valence-electron chi connectivity index (χ3n) is 1.49. The molecule has 0 aromatic carbocycles. The van der Waals surface area contributed by atoms with Crippen molar-refractivity contribution >= 4 is 28.4 Å². The molecule has 6 heteroatoms. The molecule has 0 spiro atoms. The Morgan fingerprint density at radius 2 is 2.29 bits per heavy atom. The van der Waals surface area contributed by atoms with Crippen LogP contribution in [0.1, 0.15) is 11.8 Å². The number of carboxylic acid groups (broad SMARTS) is 1. The van der Waals surface area contributed by atoms with Gasteiger partial charge in [-0.3, -0.25) is 10.1 Å². The lowest BCUT2D eigenvalue weighted by molar-refractivity contribution is -0.380. The first-order chi connectivity index (χ1) is 6.50. The number of rotatable bonds is 3. The van der Waals surface area contributed by atoms with Crippen LogP contribution < -0.4 is 0 Å². The van der Waals surface area contributed by atoms with Gasteiger partial charge in [0.2, 0.25) is 0 Å². The molecule has 0 fully saturated rings. The predicted molar refractivity (Wildman–Crippen MR) is 52.3 cm³/mol. The van der Waals surface area contributed by atoms with Crippen LogP contribution in [0.5, 0.6) is 0 Å². The SMILES string of the molecule is C/C(=C/c1ccc([N+](=O)[O-])s1)C(=O)O. The van der Waals surface area contributed by atoms with Crippen LogP contribution in [0.15, 0.2) is 17.7 Å². The summed E-state index contributed by atoms with van der Waals surface area (Å²) in [4.78, 5) is 20.8. The number of carbonyl (C=O) groups is 1. The van der Waals surface area contributed by atoms with Gasteiger partial charge < -0.3 is 5.11 Å². The molecule has 74 valence electrons. The molecule has 1 aromatic heterocycles. The smallest absolute Gasteiger partial charge is 0.331 e. The summed E-state index contributed by atoms with van der Waals surface area (Å²) >= 11 is 0.948. The van der Waals surface area contributed by atoms with Crippen molar-refractivity contribution in [1.29, 1.82) is 0 Å². The Balaban J connectivity index is 2.93. The number of thiophene rings is 1. The van der Waals surface area contributed by atoms with Crippen molar-refractivity contribution < 1.29 is 14.8 Å². The van der Waals surface area contributed by atoms with Gasteiger partial charge in [-0.2, -0.15) is 0 Å². The zero-order valence-corrected chi connectivity index (χ0v) is 8.08. The summed E-state index contributed by atoms with van der Waals surface area (Å²) in [5.74, 6) is -1.03. The minimum Gasteiger partial charge on any atom is -0.478 e. The Morgan fingerprint density at radius 1 is 1.64 bits per heavy atom. The van der Waals surface area contributed by atoms with Crippen molar-refractivity contribution in [3.8, 4) is 0 Å². The molecular weight excluding hydrogens is 206 g/mol. The molecule has 1 N–H and O–H groups in total. The van der Waals surface area contributed by atoms with Gasteiger partial charge in [0.05, 0.1) is 4.92 Å². The monoisotopic (exact) mass is 213 g/mol. The second-order valence-electron chi connectivity index (χ2n) is 2.57. The number of hydrogen-bond donors (Lipinski definition) is 1. The molecule has 14 heavy (non-hydrogen) atoms. The van der Waals surface area contributed by atoms with Crippen molar-refractivity contribution in [2.75, 3.05) is 0 Å². The van der Waals surface area contributed by atoms with Gasteiger partial charge in [-0.15, -0.1) is 0 Å². The molecule has 1 heterocycles. The van der Waals surface area contributed by atoms with Crippen LogP contribution in [-0.2, 0) is 4.79 Å². The largest absolute Gasteiger partial charge is 0.478 e. The average Bonchev–Trinajstić information content (AvgIpc) is 2.52. The van der Waals surface area contributed by atoms with Gasteiger partial charge in [-0.05, 0) is 19.1 Å². The highest BCUT2D eigenvalue weighted by Crippen LogP contribution is 2.25. The summed E-state index contributed by atoms with van der Waals surface area (Å²) in [6.07, 6.45) is 1.40. The second-order valence-corrected chi connectivity index (χ2v) is 3.66. The number of nitro groups is 1. The fourth-order valence-electron chi connectivity index (χ4n) is 0.793. The van der Waals surface area contributed by atoms with Crippen molar-refractivity contribution in [3.05, 3.63) is 32.7 Å². The lowest BCUT2D eigenvalue weighted by Crippen LogP contribution is -1.94. The molecule has 1 rings (SSSR count). The van der Waals surface area contributed by atoms with Crippen molar-refractivity contribution in [3.63, 3.8) is 0 Å². The number of aliphatic carboxylic acids is 1. The fraction of sp³-hybridized carbons (Fsp3) is 0.125. The maximum absolute atomic E-state index is 10.4. The van der Waals surface area contributed by atoms with Gasteiger partial charge >= 0.3 is 11.0 Å². The normalized spacial score (nSPS) is 11.4. The molecule has 0 aliphatic rings. The minimum absolute atomic E-state index is 0.00874. The molecule has 0 saturated carbocycles. The predicted octanol–water partition coefficient (Wildman–Crippen LogP) is 2.14. The summed E-state index contributed by atoms with van der Waals surface area (Å²) in [6.45, 7) is 1.44. The first kappa shape index (κ1) is 10.4. The lowest BCUT2D eigenvalue weighted by Gasteiger charge is -1.89. The van der Waals surface area contributed by atoms with Crippen LogP contribution in [0.25, 0.3) is 6.08 Å². The summed E-state index contributed by atoms with van der Waals surface area (Å²) in [5, 5.41) is 18.9. The third kappa shape index (κ3) is 2.40. The maximum Gasteiger partial charge on any atom is 0.331 e. The standard InChI is InChI=1S/C8H7NO4S/c1-5(8(10)11)4-6-2-3-7(14-6)9(12)13/h2-4H,1H3,(H,10,11)/b5-4-. The van der Waals surface area contributed by atoms with E-state index in [1.165, 1.54) is 25.1 Å². The fourth-order valence-corrected chi connectivity index (χ4v) is 1.62. The second kappa shape index (κ2) is 4.01. The number of carboxylic acids is 1. The highest BCUT2D eigenvalue weighted by atomic mass is 32.1. The van der Waals surface area contributed by atoms with Gasteiger partial charge in [0.1, 0.15) is 0 Å².